The Hall–Kier alpha value is -3.83. The number of thiocarbonyl (C=S) groups is 1. The van der Waals surface area contributed by atoms with Crippen LogP contribution in [0, 0.1) is 0 Å². The van der Waals surface area contributed by atoms with Gasteiger partial charge >= 0.3 is 0 Å². The standard InChI is InChI=1S/C25H18O4S/c26-17-5-1-15(2-6-17)23-13-19(28)9-11-21(23)25(30)22-12-10-20(29)14-24(22)16-3-7-18(27)8-4-16/h1-14,26-29H. The smallest absolute Gasteiger partial charge is 0.116 e. The molecule has 30 heavy (non-hydrogen) atoms. The van der Waals surface area contributed by atoms with Crippen molar-refractivity contribution in [3.63, 3.8) is 0 Å². The second kappa shape index (κ2) is 7.89. The van der Waals surface area contributed by atoms with Gasteiger partial charge in [0.1, 0.15) is 23.0 Å². The summed E-state index contributed by atoms with van der Waals surface area (Å²) in [7, 11) is 0. The minimum Gasteiger partial charge on any atom is -0.508 e. The van der Waals surface area contributed by atoms with Crippen LogP contribution in [0.25, 0.3) is 22.3 Å². The lowest BCUT2D eigenvalue weighted by atomic mass is 9.90. The molecule has 4 nitrogen and oxygen atoms in total. The van der Waals surface area contributed by atoms with Gasteiger partial charge in [0.2, 0.25) is 0 Å². The number of rotatable bonds is 4. The van der Waals surface area contributed by atoms with Crippen molar-refractivity contribution in [2.24, 2.45) is 0 Å². The van der Waals surface area contributed by atoms with Crippen LogP contribution in [0.15, 0.2) is 84.9 Å². The fourth-order valence-corrected chi connectivity index (χ4v) is 3.72. The summed E-state index contributed by atoms with van der Waals surface area (Å²) in [6.07, 6.45) is 0. The highest BCUT2D eigenvalue weighted by Gasteiger charge is 2.17. The Morgan fingerprint density at radius 2 is 0.800 bits per heavy atom. The van der Waals surface area contributed by atoms with E-state index in [1.54, 1.807) is 84.9 Å². The van der Waals surface area contributed by atoms with Crippen molar-refractivity contribution in [2.45, 2.75) is 0 Å². The normalized spacial score (nSPS) is 10.7. The van der Waals surface area contributed by atoms with Crippen LogP contribution in [0.5, 0.6) is 23.0 Å². The molecule has 0 saturated carbocycles. The van der Waals surface area contributed by atoms with E-state index >= 15 is 0 Å². The van der Waals surface area contributed by atoms with Gasteiger partial charge in [0.05, 0.1) is 4.86 Å². The molecular formula is C25H18O4S. The largest absolute Gasteiger partial charge is 0.508 e. The summed E-state index contributed by atoms with van der Waals surface area (Å²) in [5.41, 5.74) is 4.52. The van der Waals surface area contributed by atoms with Crippen molar-refractivity contribution in [2.75, 3.05) is 0 Å². The number of hydrogen-bond acceptors (Lipinski definition) is 5. The van der Waals surface area contributed by atoms with Crippen molar-refractivity contribution in [1.29, 1.82) is 0 Å². The van der Waals surface area contributed by atoms with Gasteiger partial charge in [-0.3, -0.25) is 0 Å². The summed E-state index contributed by atoms with van der Waals surface area (Å²) < 4.78 is 0. The molecule has 0 radical (unpaired) electrons. The van der Waals surface area contributed by atoms with Crippen LogP contribution in [-0.4, -0.2) is 25.3 Å². The molecule has 0 heterocycles. The quantitative estimate of drug-likeness (QED) is 0.258. The molecule has 0 aliphatic rings. The maximum absolute atomic E-state index is 10.1. The summed E-state index contributed by atoms with van der Waals surface area (Å²) in [6, 6.07) is 23.3. The molecule has 5 heteroatoms. The maximum Gasteiger partial charge on any atom is 0.116 e. The lowest BCUT2D eigenvalue weighted by molar-refractivity contribution is 0.474. The lowest BCUT2D eigenvalue weighted by Gasteiger charge is -2.16. The molecule has 0 aromatic heterocycles. The van der Waals surface area contributed by atoms with E-state index in [0.29, 0.717) is 4.86 Å². The Morgan fingerprint density at radius 3 is 1.17 bits per heavy atom. The first-order valence-electron chi connectivity index (χ1n) is 9.22. The zero-order valence-electron chi connectivity index (χ0n) is 15.8. The summed E-state index contributed by atoms with van der Waals surface area (Å²) in [5.74, 6) is 0.510. The highest BCUT2D eigenvalue weighted by Crippen LogP contribution is 2.35. The number of aromatic hydroxyl groups is 4. The minimum atomic E-state index is 0.106. The predicted octanol–water partition coefficient (Wildman–Crippen LogP) is 5.61. The van der Waals surface area contributed by atoms with Crippen LogP contribution < -0.4 is 0 Å². The molecule has 4 rings (SSSR count). The highest BCUT2D eigenvalue weighted by molar-refractivity contribution is 7.81. The van der Waals surface area contributed by atoms with Crippen molar-refractivity contribution in [1.82, 2.24) is 0 Å². The van der Waals surface area contributed by atoms with Crippen molar-refractivity contribution in [3.8, 4) is 45.3 Å². The monoisotopic (exact) mass is 414 g/mol. The zero-order chi connectivity index (χ0) is 21.3. The van der Waals surface area contributed by atoms with Gasteiger partial charge in [0.15, 0.2) is 0 Å². The fraction of sp³-hybridized carbons (Fsp3) is 0. The van der Waals surface area contributed by atoms with Crippen LogP contribution in [0.2, 0.25) is 0 Å². The van der Waals surface area contributed by atoms with Crippen molar-refractivity contribution >= 4 is 17.1 Å². The van der Waals surface area contributed by atoms with E-state index in [1.807, 2.05) is 0 Å². The molecule has 0 amide bonds. The molecule has 0 fully saturated rings. The molecule has 4 aromatic rings. The van der Waals surface area contributed by atoms with Gasteiger partial charge in [-0.05, 0) is 82.9 Å². The van der Waals surface area contributed by atoms with E-state index in [0.717, 1.165) is 33.4 Å². The van der Waals surface area contributed by atoms with Crippen LogP contribution in [-0.2, 0) is 0 Å². The van der Waals surface area contributed by atoms with Crippen LogP contribution in [0.1, 0.15) is 11.1 Å². The highest BCUT2D eigenvalue weighted by atomic mass is 32.1. The van der Waals surface area contributed by atoms with Crippen LogP contribution in [0.3, 0.4) is 0 Å². The molecule has 0 spiro atoms. The summed E-state index contributed by atoms with van der Waals surface area (Å²) >= 11 is 5.84. The van der Waals surface area contributed by atoms with E-state index in [2.05, 4.69) is 0 Å². The first kappa shape index (κ1) is 19.5. The Morgan fingerprint density at radius 1 is 0.467 bits per heavy atom. The molecule has 0 atom stereocenters. The maximum atomic E-state index is 10.1. The third-order valence-corrected chi connectivity index (χ3v) is 5.29. The molecule has 4 aromatic carbocycles. The average molecular weight is 414 g/mol. The third kappa shape index (κ3) is 3.83. The number of benzene rings is 4. The topological polar surface area (TPSA) is 80.9 Å². The summed E-state index contributed by atoms with van der Waals surface area (Å²) in [5, 5.41) is 39.3. The SMILES string of the molecule is Oc1ccc(-c2cc(O)ccc2C(=S)c2ccc(O)cc2-c2ccc(O)cc2)cc1. The molecule has 0 unspecified atom stereocenters. The Kier molecular flexibility index (Phi) is 5.12. The van der Waals surface area contributed by atoms with Gasteiger partial charge in [0, 0.05) is 11.1 Å². The van der Waals surface area contributed by atoms with E-state index in [9.17, 15) is 20.4 Å². The first-order chi connectivity index (χ1) is 14.4. The Bertz CT molecular complexity index is 1130. The van der Waals surface area contributed by atoms with Gasteiger partial charge < -0.3 is 20.4 Å². The molecular weight excluding hydrogens is 396 g/mol. The van der Waals surface area contributed by atoms with Gasteiger partial charge in [0.25, 0.3) is 0 Å². The molecule has 0 bridgehead atoms. The molecule has 0 aliphatic heterocycles. The Balaban J connectivity index is 1.87. The lowest BCUT2D eigenvalue weighted by Crippen LogP contribution is -2.04. The van der Waals surface area contributed by atoms with Crippen molar-refractivity contribution < 1.29 is 20.4 Å². The number of phenolic OH excluding ortho intramolecular Hbond substituents is 4. The number of phenols is 4. The van der Waals surface area contributed by atoms with E-state index < -0.39 is 0 Å². The van der Waals surface area contributed by atoms with Crippen LogP contribution >= 0.6 is 12.2 Å². The summed E-state index contributed by atoms with van der Waals surface area (Å²) in [6.45, 7) is 0. The first-order valence-corrected chi connectivity index (χ1v) is 9.63. The zero-order valence-corrected chi connectivity index (χ0v) is 16.6. The van der Waals surface area contributed by atoms with Gasteiger partial charge in [-0.1, -0.05) is 36.5 Å². The van der Waals surface area contributed by atoms with Crippen LogP contribution in [0.4, 0.5) is 0 Å². The minimum absolute atomic E-state index is 0.106. The van der Waals surface area contributed by atoms with E-state index in [1.165, 1.54) is 0 Å². The Labute approximate surface area is 179 Å². The summed E-state index contributed by atoms with van der Waals surface area (Å²) in [4.78, 5) is 0.543. The van der Waals surface area contributed by atoms with Gasteiger partial charge in [-0.15, -0.1) is 0 Å². The van der Waals surface area contributed by atoms with Gasteiger partial charge in [-0.2, -0.15) is 0 Å². The second-order valence-corrected chi connectivity index (χ2v) is 7.29. The third-order valence-electron chi connectivity index (χ3n) is 4.85. The molecule has 0 saturated heterocycles. The molecule has 148 valence electrons. The van der Waals surface area contributed by atoms with E-state index in [-0.39, 0.29) is 23.0 Å². The molecule has 4 N–H and O–H groups in total. The number of hydrogen-bond donors (Lipinski definition) is 4. The predicted molar refractivity (Wildman–Crippen MR) is 121 cm³/mol. The fourth-order valence-electron chi connectivity index (χ4n) is 3.37. The second-order valence-electron chi connectivity index (χ2n) is 6.88. The average Bonchev–Trinajstić information content (AvgIpc) is 2.74. The van der Waals surface area contributed by atoms with Crippen molar-refractivity contribution in [3.05, 3.63) is 96.1 Å². The molecule has 0 aliphatic carbocycles. The van der Waals surface area contributed by atoms with E-state index in [4.69, 9.17) is 12.2 Å². The van der Waals surface area contributed by atoms with Gasteiger partial charge in [-0.25, -0.2) is 0 Å².